The number of benzene rings is 1. The second-order valence-corrected chi connectivity index (χ2v) is 7.96. The van der Waals surface area contributed by atoms with E-state index in [1.807, 2.05) is 4.68 Å². The van der Waals surface area contributed by atoms with Crippen LogP contribution < -0.4 is 0 Å². The van der Waals surface area contributed by atoms with Crippen molar-refractivity contribution in [3.63, 3.8) is 0 Å². The molecule has 7 nitrogen and oxygen atoms in total. The quantitative estimate of drug-likeness (QED) is 0.697. The van der Waals surface area contributed by atoms with Gasteiger partial charge in [0.25, 0.3) is 0 Å². The van der Waals surface area contributed by atoms with E-state index in [4.69, 9.17) is 4.74 Å². The molecule has 0 bridgehead atoms. The molecule has 7 heteroatoms. The van der Waals surface area contributed by atoms with E-state index in [1.165, 1.54) is 5.56 Å². The highest BCUT2D eigenvalue weighted by Gasteiger charge is 2.29. The fourth-order valence-corrected chi connectivity index (χ4v) is 4.38. The van der Waals surface area contributed by atoms with Crippen molar-refractivity contribution in [1.29, 1.82) is 0 Å². The fourth-order valence-electron chi connectivity index (χ4n) is 4.38. The van der Waals surface area contributed by atoms with Crippen molar-refractivity contribution in [2.75, 3.05) is 32.8 Å². The zero-order valence-corrected chi connectivity index (χ0v) is 16.9. The lowest BCUT2D eigenvalue weighted by Gasteiger charge is -2.38. The van der Waals surface area contributed by atoms with Crippen molar-refractivity contribution in [2.45, 2.75) is 57.8 Å². The van der Waals surface area contributed by atoms with Crippen LogP contribution in [-0.2, 0) is 17.8 Å². The van der Waals surface area contributed by atoms with Crippen LogP contribution in [0.2, 0.25) is 0 Å². The van der Waals surface area contributed by atoms with Crippen molar-refractivity contribution in [1.82, 2.24) is 30.0 Å². The molecule has 2 fully saturated rings. The second kappa shape index (κ2) is 9.58. The topological polar surface area (TPSA) is 59.3 Å². The molecule has 2 aromatic rings. The van der Waals surface area contributed by atoms with E-state index < -0.39 is 0 Å². The Hall–Kier alpha value is -1.83. The smallest absolute Gasteiger partial charge is 0.168 e. The van der Waals surface area contributed by atoms with Crippen LogP contribution in [0.15, 0.2) is 30.3 Å². The highest BCUT2D eigenvalue weighted by molar-refractivity contribution is 5.14. The van der Waals surface area contributed by atoms with Crippen molar-refractivity contribution < 1.29 is 4.74 Å². The summed E-state index contributed by atoms with van der Waals surface area (Å²) < 4.78 is 7.79. The predicted octanol–water partition coefficient (Wildman–Crippen LogP) is 2.51. The molecule has 2 atom stereocenters. The van der Waals surface area contributed by atoms with Gasteiger partial charge in [0.2, 0.25) is 0 Å². The van der Waals surface area contributed by atoms with Gasteiger partial charge in [0.1, 0.15) is 0 Å². The van der Waals surface area contributed by atoms with Crippen LogP contribution in [0.5, 0.6) is 0 Å². The molecule has 0 amide bonds. The maximum atomic E-state index is 5.80. The number of tetrazole rings is 1. The van der Waals surface area contributed by atoms with E-state index in [9.17, 15) is 0 Å². The molecule has 0 saturated carbocycles. The Morgan fingerprint density at radius 2 is 1.96 bits per heavy atom. The number of aromatic nitrogens is 4. The average molecular weight is 385 g/mol. The largest absolute Gasteiger partial charge is 0.376 e. The van der Waals surface area contributed by atoms with E-state index in [-0.39, 0.29) is 6.10 Å². The van der Waals surface area contributed by atoms with E-state index in [0.717, 1.165) is 77.4 Å². The molecule has 0 N–H and O–H groups in total. The van der Waals surface area contributed by atoms with Gasteiger partial charge in [-0.05, 0) is 35.3 Å². The van der Waals surface area contributed by atoms with E-state index >= 15 is 0 Å². The number of piperazine rings is 1. The highest BCUT2D eigenvalue weighted by atomic mass is 16.5. The normalized spacial score (nSPS) is 22.5. The second-order valence-electron chi connectivity index (χ2n) is 7.96. The van der Waals surface area contributed by atoms with Crippen LogP contribution in [0.4, 0.5) is 0 Å². The molecule has 2 aliphatic rings. The van der Waals surface area contributed by atoms with E-state index in [1.54, 1.807) is 0 Å². The molecule has 0 spiro atoms. The fraction of sp³-hybridized carbons (Fsp3) is 0.667. The van der Waals surface area contributed by atoms with Gasteiger partial charge >= 0.3 is 0 Å². The summed E-state index contributed by atoms with van der Waals surface area (Å²) >= 11 is 0. The predicted molar refractivity (Wildman–Crippen MR) is 108 cm³/mol. The summed E-state index contributed by atoms with van der Waals surface area (Å²) in [6.45, 7) is 9.20. The minimum atomic E-state index is 0.257. The maximum absolute atomic E-state index is 5.80. The van der Waals surface area contributed by atoms with E-state index in [0.29, 0.717) is 6.04 Å². The molecule has 4 rings (SSSR count). The first-order chi connectivity index (χ1) is 13.8. The summed E-state index contributed by atoms with van der Waals surface area (Å²) in [5.74, 6) is 1.01. The number of hydrogen-bond acceptors (Lipinski definition) is 6. The average Bonchev–Trinajstić information content (AvgIpc) is 3.40. The number of hydrogen-bond donors (Lipinski definition) is 0. The highest BCUT2D eigenvalue weighted by Crippen LogP contribution is 2.26. The zero-order chi connectivity index (χ0) is 19.2. The number of rotatable bonds is 8. The summed E-state index contributed by atoms with van der Waals surface area (Å²) in [4.78, 5) is 5.12. The summed E-state index contributed by atoms with van der Waals surface area (Å²) in [7, 11) is 0. The van der Waals surface area contributed by atoms with Crippen molar-refractivity contribution >= 4 is 0 Å². The summed E-state index contributed by atoms with van der Waals surface area (Å²) in [5.41, 5.74) is 1.39. The van der Waals surface area contributed by atoms with Gasteiger partial charge in [-0.2, -0.15) is 0 Å². The molecule has 0 aliphatic carbocycles. The van der Waals surface area contributed by atoms with Crippen LogP contribution in [0, 0.1) is 0 Å². The van der Waals surface area contributed by atoms with Crippen LogP contribution in [0.3, 0.4) is 0 Å². The maximum Gasteiger partial charge on any atom is 0.168 e. The lowest BCUT2D eigenvalue weighted by molar-refractivity contribution is 0.0735. The Balaban J connectivity index is 1.38. The van der Waals surface area contributed by atoms with E-state index in [2.05, 4.69) is 62.6 Å². The van der Waals surface area contributed by atoms with Crippen LogP contribution >= 0.6 is 0 Å². The molecule has 2 aliphatic heterocycles. The molecule has 0 radical (unpaired) electrons. The molecule has 152 valence electrons. The summed E-state index contributed by atoms with van der Waals surface area (Å²) in [6.07, 6.45) is 4.72. The summed E-state index contributed by atoms with van der Waals surface area (Å²) in [6, 6.07) is 11.0. The monoisotopic (exact) mass is 384 g/mol. The van der Waals surface area contributed by atoms with Gasteiger partial charge in [-0.25, -0.2) is 4.68 Å². The number of nitrogens with zero attached hydrogens (tertiary/aromatic N) is 6. The third-order valence-corrected chi connectivity index (χ3v) is 5.92. The Kier molecular flexibility index (Phi) is 6.67. The van der Waals surface area contributed by atoms with Gasteiger partial charge in [-0.15, -0.1) is 5.10 Å². The first kappa shape index (κ1) is 19.5. The number of ether oxygens (including phenoxy) is 1. The van der Waals surface area contributed by atoms with Crippen LogP contribution in [-0.4, -0.2) is 68.9 Å². The van der Waals surface area contributed by atoms with Crippen LogP contribution in [0.25, 0.3) is 0 Å². The Morgan fingerprint density at radius 3 is 2.68 bits per heavy atom. The van der Waals surface area contributed by atoms with Gasteiger partial charge in [-0.3, -0.25) is 9.80 Å². The molecular weight excluding hydrogens is 352 g/mol. The Bertz CT molecular complexity index is 707. The Labute approximate surface area is 167 Å². The minimum absolute atomic E-state index is 0.257. The third-order valence-electron chi connectivity index (χ3n) is 5.92. The summed E-state index contributed by atoms with van der Waals surface area (Å²) in [5, 5.41) is 12.7. The van der Waals surface area contributed by atoms with Crippen molar-refractivity contribution in [3.05, 3.63) is 41.7 Å². The lowest BCUT2D eigenvalue weighted by Crippen LogP contribution is -2.47. The first-order valence-electron chi connectivity index (χ1n) is 10.7. The van der Waals surface area contributed by atoms with Gasteiger partial charge in [-0.1, -0.05) is 43.7 Å². The lowest BCUT2D eigenvalue weighted by atomic mass is 10.1. The molecule has 2 unspecified atom stereocenters. The van der Waals surface area contributed by atoms with Gasteiger partial charge in [0.15, 0.2) is 5.82 Å². The molecule has 3 heterocycles. The zero-order valence-electron chi connectivity index (χ0n) is 16.9. The van der Waals surface area contributed by atoms with Crippen molar-refractivity contribution in [3.8, 4) is 0 Å². The van der Waals surface area contributed by atoms with Gasteiger partial charge in [0, 0.05) is 39.3 Å². The van der Waals surface area contributed by atoms with Gasteiger partial charge < -0.3 is 4.74 Å². The molecule has 1 aromatic heterocycles. The SMILES string of the molecule is CCCC(c1nnnn1CC1CCCO1)N1CCN(Cc2ccccc2)CC1. The standard InChI is InChI=1S/C21H32N6O/c1-2-7-20(21-22-23-24-27(21)17-19-10-6-15-28-19)26-13-11-25(12-14-26)16-18-8-4-3-5-9-18/h3-5,8-9,19-20H,2,6-7,10-17H2,1H3. The van der Waals surface area contributed by atoms with Crippen LogP contribution in [0.1, 0.15) is 50.0 Å². The molecule has 2 saturated heterocycles. The van der Waals surface area contributed by atoms with Gasteiger partial charge in [0.05, 0.1) is 18.7 Å². The third kappa shape index (κ3) is 4.77. The van der Waals surface area contributed by atoms with Crippen molar-refractivity contribution in [2.24, 2.45) is 0 Å². The molecule has 1 aromatic carbocycles. The molecule has 28 heavy (non-hydrogen) atoms. The first-order valence-corrected chi connectivity index (χ1v) is 10.7. The molecular formula is C21H32N6O. The minimum Gasteiger partial charge on any atom is -0.376 e. The Morgan fingerprint density at radius 1 is 1.14 bits per heavy atom.